The number of amides is 1. The molecule has 1 N–H and O–H groups in total. The third kappa shape index (κ3) is 3.50. The van der Waals surface area contributed by atoms with Crippen LogP contribution < -0.4 is 5.32 Å². The maximum absolute atomic E-state index is 13.9. The molecule has 3 aromatic rings. The van der Waals surface area contributed by atoms with Gasteiger partial charge < -0.3 is 9.73 Å². The van der Waals surface area contributed by atoms with Gasteiger partial charge in [-0.25, -0.2) is 4.39 Å². The summed E-state index contributed by atoms with van der Waals surface area (Å²) >= 11 is 0. The van der Waals surface area contributed by atoms with Gasteiger partial charge in [0.25, 0.3) is 11.6 Å². The highest BCUT2D eigenvalue weighted by Gasteiger charge is 2.16. The van der Waals surface area contributed by atoms with Gasteiger partial charge in [0.1, 0.15) is 5.82 Å². The monoisotopic (exact) mass is 342 g/mol. The highest BCUT2D eigenvalue weighted by molar-refractivity contribution is 6.04. The molecule has 25 heavy (non-hydrogen) atoms. The molecular weight excluding hydrogens is 331 g/mol. The number of nitro benzene ring substituents is 1. The molecule has 0 atom stereocenters. The van der Waals surface area contributed by atoms with Crippen molar-refractivity contribution >= 4 is 17.3 Å². The molecule has 0 saturated heterocycles. The summed E-state index contributed by atoms with van der Waals surface area (Å²) < 4.78 is 19.2. The molecule has 9 heteroatoms. The molecule has 0 unspecified atom stereocenters. The maximum atomic E-state index is 13.9. The molecule has 0 aliphatic carbocycles. The molecule has 1 aromatic heterocycles. The molecule has 0 radical (unpaired) electrons. The third-order valence-electron chi connectivity index (χ3n) is 3.32. The summed E-state index contributed by atoms with van der Waals surface area (Å²) in [4.78, 5) is 22.0. The summed E-state index contributed by atoms with van der Waals surface area (Å²) in [5.41, 5.74) is 0.373. The van der Waals surface area contributed by atoms with Crippen molar-refractivity contribution in [1.82, 2.24) is 10.2 Å². The van der Waals surface area contributed by atoms with Crippen molar-refractivity contribution in [2.75, 3.05) is 5.32 Å². The molecule has 0 fully saturated rings. The number of benzene rings is 2. The minimum atomic E-state index is -0.968. The standard InChI is InChI=1S/C16H11FN4O4/c1-9-19-20-16(25-9)10-2-4-11(5-3-10)18-15(22)13-7-6-12(21(23)24)8-14(13)17/h2-8H,1H3,(H,18,22). The summed E-state index contributed by atoms with van der Waals surface area (Å²) in [7, 11) is 0. The van der Waals surface area contributed by atoms with Crippen LogP contribution in [0.15, 0.2) is 46.9 Å². The van der Waals surface area contributed by atoms with Crippen molar-refractivity contribution in [2.45, 2.75) is 6.92 Å². The topological polar surface area (TPSA) is 111 Å². The SMILES string of the molecule is Cc1nnc(-c2ccc(NC(=O)c3ccc([N+](=O)[O-])cc3F)cc2)o1. The number of rotatable bonds is 4. The Balaban J connectivity index is 1.76. The summed E-state index contributed by atoms with van der Waals surface area (Å²) in [5, 5.41) is 20.7. The van der Waals surface area contributed by atoms with Gasteiger partial charge in [-0.3, -0.25) is 14.9 Å². The van der Waals surface area contributed by atoms with Crippen molar-refractivity contribution in [3.8, 4) is 11.5 Å². The average Bonchev–Trinajstić information content (AvgIpc) is 3.01. The minimum absolute atomic E-state index is 0.290. The predicted octanol–water partition coefficient (Wildman–Crippen LogP) is 3.34. The van der Waals surface area contributed by atoms with Crippen LogP contribution in [0.25, 0.3) is 11.5 Å². The maximum Gasteiger partial charge on any atom is 0.272 e. The van der Waals surface area contributed by atoms with Crippen molar-refractivity contribution < 1.29 is 18.5 Å². The van der Waals surface area contributed by atoms with E-state index in [4.69, 9.17) is 4.42 Å². The lowest BCUT2D eigenvalue weighted by atomic mass is 10.1. The van der Waals surface area contributed by atoms with Crippen molar-refractivity contribution in [3.63, 3.8) is 0 Å². The normalized spacial score (nSPS) is 10.5. The number of aromatic nitrogens is 2. The number of nitro groups is 1. The zero-order valence-corrected chi connectivity index (χ0v) is 12.9. The molecule has 0 aliphatic heterocycles. The molecule has 1 amide bonds. The minimum Gasteiger partial charge on any atom is -0.421 e. The van der Waals surface area contributed by atoms with E-state index in [1.54, 1.807) is 31.2 Å². The number of hydrogen-bond donors (Lipinski definition) is 1. The number of nitrogens with one attached hydrogen (secondary N) is 1. The van der Waals surface area contributed by atoms with E-state index in [0.717, 1.165) is 12.1 Å². The Hall–Kier alpha value is -3.62. The summed E-state index contributed by atoms with van der Waals surface area (Å²) in [6.07, 6.45) is 0. The van der Waals surface area contributed by atoms with Crippen LogP contribution in [0.5, 0.6) is 0 Å². The fourth-order valence-electron chi connectivity index (χ4n) is 2.11. The van der Waals surface area contributed by atoms with E-state index in [2.05, 4.69) is 15.5 Å². The van der Waals surface area contributed by atoms with Crippen LogP contribution in [0.2, 0.25) is 0 Å². The van der Waals surface area contributed by atoms with E-state index in [0.29, 0.717) is 29.1 Å². The van der Waals surface area contributed by atoms with E-state index in [1.165, 1.54) is 0 Å². The van der Waals surface area contributed by atoms with Gasteiger partial charge >= 0.3 is 0 Å². The van der Waals surface area contributed by atoms with Gasteiger partial charge in [0.2, 0.25) is 11.8 Å². The zero-order valence-electron chi connectivity index (χ0n) is 12.9. The highest BCUT2D eigenvalue weighted by Crippen LogP contribution is 2.21. The van der Waals surface area contributed by atoms with E-state index < -0.39 is 22.3 Å². The molecule has 0 bridgehead atoms. The van der Waals surface area contributed by atoms with Gasteiger partial charge in [0.05, 0.1) is 16.6 Å². The molecule has 8 nitrogen and oxygen atoms in total. The second kappa shape index (κ2) is 6.48. The molecule has 0 aliphatic rings. The first kappa shape index (κ1) is 16.2. The van der Waals surface area contributed by atoms with Gasteiger partial charge in [0.15, 0.2) is 0 Å². The first-order chi connectivity index (χ1) is 11.9. The Kier molecular flexibility index (Phi) is 4.21. The second-order valence-corrected chi connectivity index (χ2v) is 5.08. The summed E-state index contributed by atoms with van der Waals surface area (Å²) in [6, 6.07) is 9.35. The Labute approximate surface area is 140 Å². The van der Waals surface area contributed by atoms with Crippen LogP contribution in [0.3, 0.4) is 0 Å². The Morgan fingerprint density at radius 2 is 1.92 bits per heavy atom. The quantitative estimate of drug-likeness (QED) is 0.575. The van der Waals surface area contributed by atoms with Crippen molar-refractivity contribution in [2.24, 2.45) is 0 Å². The summed E-state index contributed by atoms with van der Waals surface area (Å²) in [6.45, 7) is 1.67. The number of anilines is 1. The molecular formula is C16H11FN4O4. The number of carbonyl (C=O) groups excluding carboxylic acids is 1. The predicted molar refractivity (Wildman–Crippen MR) is 85.5 cm³/mol. The van der Waals surface area contributed by atoms with Crippen LogP contribution in [-0.2, 0) is 0 Å². The molecule has 1 heterocycles. The van der Waals surface area contributed by atoms with Crippen LogP contribution in [-0.4, -0.2) is 21.0 Å². The van der Waals surface area contributed by atoms with E-state index >= 15 is 0 Å². The molecule has 0 saturated carbocycles. The lowest BCUT2D eigenvalue weighted by Gasteiger charge is -2.06. The average molecular weight is 342 g/mol. The van der Waals surface area contributed by atoms with Crippen LogP contribution in [0.4, 0.5) is 15.8 Å². The number of aryl methyl sites for hydroxylation is 1. The van der Waals surface area contributed by atoms with Crippen LogP contribution in [0.1, 0.15) is 16.2 Å². The Morgan fingerprint density at radius 3 is 2.48 bits per heavy atom. The fourth-order valence-corrected chi connectivity index (χ4v) is 2.11. The summed E-state index contributed by atoms with van der Waals surface area (Å²) in [5.74, 6) is -0.906. The zero-order chi connectivity index (χ0) is 18.0. The van der Waals surface area contributed by atoms with Gasteiger partial charge in [-0.15, -0.1) is 10.2 Å². The number of non-ortho nitro benzene ring substituents is 1. The smallest absolute Gasteiger partial charge is 0.272 e. The van der Waals surface area contributed by atoms with E-state index in [-0.39, 0.29) is 5.56 Å². The molecule has 0 spiro atoms. The fraction of sp³-hybridized carbons (Fsp3) is 0.0625. The van der Waals surface area contributed by atoms with Gasteiger partial charge in [-0.2, -0.15) is 0 Å². The van der Waals surface area contributed by atoms with E-state index in [1.807, 2.05) is 0 Å². The van der Waals surface area contributed by atoms with Crippen molar-refractivity contribution in [1.29, 1.82) is 0 Å². The first-order valence-corrected chi connectivity index (χ1v) is 7.10. The van der Waals surface area contributed by atoms with E-state index in [9.17, 15) is 19.3 Å². The van der Waals surface area contributed by atoms with Gasteiger partial charge in [-0.1, -0.05) is 0 Å². The highest BCUT2D eigenvalue weighted by atomic mass is 19.1. The lowest BCUT2D eigenvalue weighted by molar-refractivity contribution is -0.385. The van der Waals surface area contributed by atoms with Crippen LogP contribution >= 0.6 is 0 Å². The third-order valence-corrected chi connectivity index (χ3v) is 3.32. The van der Waals surface area contributed by atoms with Crippen LogP contribution in [0, 0.1) is 22.9 Å². The molecule has 2 aromatic carbocycles. The molecule has 126 valence electrons. The number of carbonyl (C=O) groups is 1. The Morgan fingerprint density at radius 1 is 1.20 bits per heavy atom. The lowest BCUT2D eigenvalue weighted by Crippen LogP contribution is -2.13. The number of halogens is 1. The number of hydrogen-bond acceptors (Lipinski definition) is 6. The Bertz CT molecular complexity index is 953. The first-order valence-electron chi connectivity index (χ1n) is 7.10. The van der Waals surface area contributed by atoms with Crippen molar-refractivity contribution in [3.05, 3.63) is 69.9 Å². The number of nitrogens with zero attached hydrogens (tertiary/aromatic N) is 3. The van der Waals surface area contributed by atoms with Gasteiger partial charge in [0, 0.05) is 24.2 Å². The largest absolute Gasteiger partial charge is 0.421 e. The van der Waals surface area contributed by atoms with Gasteiger partial charge in [-0.05, 0) is 30.3 Å². The molecule has 3 rings (SSSR count). The second-order valence-electron chi connectivity index (χ2n) is 5.08.